The molecule has 1 rings (SSSR count). The van der Waals surface area contributed by atoms with E-state index in [9.17, 15) is 4.79 Å². The number of carbonyl (C=O) groups is 1. The normalized spacial score (nSPS) is 29.7. The second-order valence-electron chi connectivity index (χ2n) is 4.17. The molecule has 1 saturated carbocycles. The van der Waals surface area contributed by atoms with Crippen molar-refractivity contribution in [3.8, 4) is 0 Å². The van der Waals surface area contributed by atoms with Crippen molar-refractivity contribution in [2.24, 2.45) is 5.92 Å². The molecule has 0 aromatic carbocycles. The maximum Gasteiger partial charge on any atom is 0.135 e. The number of carbonyl (C=O) groups excluding carboxylic acids is 1. The van der Waals surface area contributed by atoms with Crippen LogP contribution in [0, 0.1) is 5.92 Å². The molecule has 0 aromatic rings. The quantitative estimate of drug-likeness (QED) is 0.673. The van der Waals surface area contributed by atoms with Gasteiger partial charge >= 0.3 is 0 Å². The monoisotopic (exact) mass is 184 g/mol. The average molecular weight is 184 g/mol. The van der Waals surface area contributed by atoms with Crippen molar-refractivity contribution in [2.75, 3.05) is 0 Å². The SMILES string of the molecule is CCC1CCC(=O)CC1OC(C)C. The molecule has 0 spiro atoms. The fourth-order valence-corrected chi connectivity index (χ4v) is 2.00. The van der Waals surface area contributed by atoms with E-state index in [-0.39, 0.29) is 12.2 Å². The third kappa shape index (κ3) is 3.11. The smallest absolute Gasteiger partial charge is 0.135 e. The third-order valence-corrected chi connectivity index (χ3v) is 2.72. The topological polar surface area (TPSA) is 26.3 Å². The number of ketones is 1. The van der Waals surface area contributed by atoms with Gasteiger partial charge in [-0.2, -0.15) is 0 Å². The van der Waals surface area contributed by atoms with Gasteiger partial charge in [0.2, 0.25) is 0 Å². The fourth-order valence-electron chi connectivity index (χ4n) is 2.00. The third-order valence-electron chi connectivity index (χ3n) is 2.72. The van der Waals surface area contributed by atoms with Gasteiger partial charge in [-0.1, -0.05) is 13.3 Å². The molecule has 1 aliphatic carbocycles. The minimum atomic E-state index is 0.186. The highest BCUT2D eigenvalue weighted by Gasteiger charge is 2.29. The van der Waals surface area contributed by atoms with E-state index in [1.165, 1.54) is 0 Å². The van der Waals surface area contributed by atoms with E-state index in [4.69, 9.17) is 4.74 Å². The molecule has 0 aliphatic heterocycles. The molecule has 2 nitrogen and oxygen atoms in total. The van der Waals surface area contributed by atoms with E-state index in [0.29, 0.717) is 18.1 Å². The maximum absolute atomic E-state index is 11.2. The van der Waals surface area contributed by atoms with Gasteiger partial charge in [0.25, 0.3) is 0 Å². The van der Waals surface area contributed by atoms with E-state index in [1.807, 2.05) is 13.8 Å². The molecule has 76 valence electrons. The zero-order valence-corrected chi connectivity index (χ0v) is 8.88. The highest BCUT2D eigenvalue weighted by atomic mass is 16.5. The molecule has 13 heavy (non-hydrogen) atoms. The number of hydrogen-bond donors (Lipinski definition) is 0. The summed E-state index contributed by atoms with van der Waals surface area (Å²) in [5.41, 5.74) is 0. The largest absolute Gasteiger partial charge is 0.375 e. The van der Waals surface area contributed by atoms with Crippen LogP contribution in [0.25, 0.3) is 0 Å². The first-order valence-corrected chi connectivity index (χ1v) is 5.30. The summed E-state index contributed by atoms with van der Waals surface area (Å²) >= 11 is 0. The Kier molecular flexibility index (Phi) is 3.91. The Labute approximate surface area is 80.7 Å². The van der Waals surface area contributed by atoms with Crippen molar-refractivity contribution in [3.63, 3.8) is 0 Å². The Morgan fingerprint density at radius 1 is 1.54 bits per heavy atom. The van der Waals surface area contributed by atoms with Crippen LogP contribution in [0.2, 0.25) is 0 Å². The molecule has 0 amide bonds. The van der Waals surface area contributed by atoms with Gasteiger partial charge in [0.1, 0.15) is 5.78 Å². The Hall–Kier alpha value is -0.370. The highest BCUT2D eigenvalue weighted by molar-refractivity contribution is 5.79. The van der Waals surface area contributed by atoms with Crippen molar-refractivity contribution >= 4 is 5.78 Å². The number of Topliss-reactive ketones (excluding diaryl/α,β-unsaturated/α-hetero) is 1. The zero-order valence-electron chi connectivity index (χ0n) is 8.88. The molecule has 2 heteroatoms. The van der Waals surface area contributed by atoms with Crippen LogP contribution in [0.1, 0.15) is 46.5 Å². The number of rotatable bonds is 3. The summed E-state index contributed by atoms with van der Waals surface area (Å²) in [5, 5.41) is 0. The van der Waals surface area contributed by atoms with Crippen molar-refractivity contribution in [1.29, 1.82) is 0 Å². The van der Waals surface area contributed by atoms with Crippen LogP contribution in [0.4, 0.5) is 0 Å². The Bertz CT molecular complexity index is 175. The van der Waals surface area contributed by atoms with Gasteiger partial charge in [-0.15, -0.1) is 0 Å². The lowest BCUT2D eigenvalue weighted by Crippen LogP contribution is -2.33. The Morgan fingerprint density at radius 3 is 2.77 bits per heavy atom. The minimum absolute atomic E-state index is 0.186. The van der Waals surface area contributed by atoms with Crippen LogP contribution in [-0.2, 0) is 9.53 Å². The summed E-state index contributed by atoms with van der Waals surface area (Å²) in [6.07, 6.45) is 3.97. The van der Waals surface area contributed by atoms with Gasteiger partial charge in [-0.3, -0.25) is 4.79 Å². The van der Waals surface area contributed by atoms with Crippen molar-refractivity contribution in [2.45, 2.75) is 58.7 Å². The lowest BCUT2D eigenvalue weighted by Gasteiger charge is -2.31. The van der Waals surface area contributed by atoms with Crippen LogP contribution in [0.15, 0.2) is 0 Å². The molecule has 1 fully saturated rings. The van der Waals surface area contributed by atoms with Crippen molar-refractivity contribution < 1.29 is 9.53 Å². The van der Waals surface area contributed by atoms with Crippen LogP contribution in [0.5, 0.6) is 0 Å². The first-order valence-electron chi connectivity index (χ1n) is 5.30. The standard InChI is InChI=1S/C11H20O2/c1-4-9-5-6-10(12)7-11(9)13-8(2)3/h8-9,11H,4-7H2,1-3H3. The van der Waals surface area contributed by atoms with E-state index < -0.39 is 0 Å². The van der Waals surface area contributed by atoms with Gasteiger partial charge in [0, 0.05) is 12.8 Å². The predicted octanol–water partition coefficient (Wildman–Crippen LogP) is 2.56. The van der Waals surface area contributed by atoms with Gasteiger partial charge in [-0.25, -0.2) is 0 Å². The van der Waals surface area contributed by atoms with Crippen molar-refractivity contribution in [3.05, 3.63) is 0 Å². The molecule has 0 aromatic heterocycles. The minimum Gasteiger partial charge on any atom is -0.375 e. The van der Waals surface area contributed by atoms with Crippen LogP contribution in [0.3, 0.4) is 0 Å². The molecule has 0 N–H and O–H groups in total. The van der Waals surface area contributed by atoms with Crippen molar-refractivity contribution in [1.82, 2.24) is 0 Å². The lowest BCUT2D eigenvalue weighted by atomic mass is 9.84. The molecule has 1 aliphatic rings. The number of ether oxygens (including phenoxy) is 1. The average Bonchev–Trinajstić information content (AvgIpc) is 2.03. The molecule has 0 bridgehead atoms. The number of hydrogen-bond acceptors (Lipinski definition) is 2. The maximum atomic E-state index is 11.2. The summed E-state index contributed by atoms with van der Waals surface area (Å²) < 4.78 is 5.74. The summed E-state index contributed by atoms with van der Waals surface area (Å²) in [4.78, 5) is 11.2. The predicted molar refractivity (Wildman–Crippen MR) is 52.6 cm³/mol. The fraction of sp³-hybridized carbons (Fsp3) is 0.909. The van der Waals surface area contributed by atoms with Crippen LogP contribution in [-0.4, -0.2) is 18.0 Å². The molecule has 2 atom stereocenters. The van der Waals surface area contributed by atoms with Crippen LogP contribution >= 0.6 is 0 Å². The second kappa shape index (κ2) is 4.75. The molecule has 0 heterocycles. The summed E-state index contributed by atoms with van der Waals surface area (Å²) in [6, 6.07) is 0. The first kappa shape index (κ1) is 10.7. The van der Waals surface area contributed by atoms with Gasteiger partial charge in [-0.05, 0) is 26.2 Å². The molecular formula is C11H20O2. The Morgan fingerprint density at radius 2 is 2.23 bits per heavy atom. The molecule has 0 saturated heterocycles. The highest BCUT2D eigenvalue weighted by Crippen LogP contribution is 2.27. The summed E-state index contributed by atoms with van der Waals surface area (Å²) in [7, 11) is 0. The van der Waals surface area contributed by atoms with Gasteiger partial charge in [0.15, 0.2) is 0 Å². The molecular weight excluding hydrogens is 164 g/mol. The van der Waals surface area contributed by atoms with Gasteiger partial charge in [0.05, 0.1) is 12.2 Å². The van der Waals surface area contributed by atoms with E-state index in [0.717, 1.165) is 19.3 Å². The molecule has 0 radical (unpaired) electrons. The lowest BCUT2D eigenvalue weighted by molar-refractivity contribution is -0.129. The van der Waals surface area contributed by atoms with E-state index in [2.05, 4.69) is 6.92 Å². The summed E-state index contributed by atoms with van der Waals surface area (Å²) in [5.74, 6) is 0.968. The Balaban J connectivity index is 2.49. The van der Waals surface area contributed by atoms with E-state index >= 15 is 0 Å². The van der Waals surface area contributed by atoms with Gasteiger partial charge < -0.3 is 4.74 Å². The van der Waals surface area contributed by atoms with Crippen LogP contribution < -0.4 is 0 Å². The first-order chi connectivity index (χ1) is 6.13. The second-order valence-corrected chi connectivity index (χ2v) is 4.17. The summed E-state index contributed by atoms with van der Waals surface area (Å²) in [6.45, 7) is 6.24. The van der Waals surface area contributed by atoms with E-state index in [1.54, 1.807) is 0 Å². The molecule has 2 unspecified atom stereocenters. The zero-order chi connectivity index (χ0) is 9.84.